The lowest BCUT2D eigenvalue weighted by Gasteiger charge is -2.32. The van der Waals surface area contributed by atoms with Gasteiger partial charge >= 0.3 is 0 Å². The summed E-state index contributed by atoms with van der Waals surface area (Å²) >= 11 is 0. The van der Waals surface area contributed by atoms with Gasteiger partial charge < -0.3 is 10.4 Å². The van der Waals surface area contributed by atoms with Crippen LogP contribution in [0, 0.1) is 0 Å². The summed E-state index contributed by atoms with van der Waals surface area (Å²) in [5.41, 5.74) is 0. The largest absolute Gasteiger partial charge is 0.393 e. The van der Waals surface area contributed by atoms with E-state index in [1.54, 1.807) is 0 Å². The minimum Gasteiger partial charge on any atom is -0.393 e. The van der Waals surface area contributed by atoms with Gasteiger partial charge in [0.15, 0.2) is 0 Å². The average Bonchev–Trinajstić information content (AvgIpc) is 2.22. The molecule has 0 aromatic heterocycles. The molecule has 2 fully saturated rings. The first-order valence-corrected chi connectivity index (χ1v) is 7.52. The summed E-state index contributed by atoms with van der Waals surface area (Å²) in [4.78, 5) is 0. The number of aliphatic hydroxyl groups excluding tert-OH is 1. The lowest BCUT2D eigenvalue weighted by molar-refractivity contribution is 0.108. The minimum absolute atomic E-state index is 0.103. The van der Waals surface area contributed by atoms with Crippen LogP contribution in [0.2, 0.25) is 0 Å². The normalized spacial score (nSPS) is 42.7. The molecule has 2 N–H and O–H groups in total. The van der Waals surface area contributed by atoms with E-state index in [0.29, 0.717) is 12.1 Å². The molecule has 1 saturated heterocycles. The monoisotopic (exact) mass is 231 g/mol. The smallest absolute Gasteiger partial charge is 0.0555 e. The SMILES string of the molecule is O=S1CCC(NC2CCCC(O)C2)CC1. The van der Waals surface area contributed by atoms with E-state index in [1.807, 2.05) is 0 Å². The topological polar surface area (TPSA) is 49.3 Å². The maximum Gasteiger partial charge on any atom is 0.0555 e. The van der Waals surface area contributed by atoms with Gasteiger partial charge in [-0.1, -0.05) is 0 Å². The van der Waals surface area contributed by atoms with Crippen molar-refractivity contribution in [3.05, 3.63) is 0 Å². The molecule has 4 heteroatoms. The summed E-state index contributed by atoms with van der Waals surface area (Å²) in [6.07, 6.45) is 6.17. The number of hydrogen-bond acceptors (Lipinski definition) is 3. The molecule has 2 unspecified atom stereocenters. The van der Waals surface area contributed by atoms with Crippen molar-refractivity contribution in [1.82, 2.24) is 5.32 Å². The van der Waals surface area contributed by atoms with Crippen molar-refractivity contribution in [2.45, 2.75) is 56.7 Å². The average molecular weight is 231 g/mol. The fraction of sp³-hybridized carbons (Fsp3) is 1.00. The molecule has 0 radical (unpaired) electrons. The summed E-state index contributed by atoms with van der Waals surface area (Å²) in [6, 6.07) is 1.03. The molecule has 0 spiro atoms. The Morgan fingerprint density at radius 2 is 1.80 bits per heavy atom. The molecule has 1 saturated carbocycles. The molecule has 1 heterocycles. The number of rotatable bonds is 2. The first kappa shape index (κ1) is 11.6. The Morgan fingerprint density at radius 3 is 2.47 bits per heavy atom. The highest BCUT2D eigenvalue weighted by atomic mass is 32.2. The molecule has 2 rings (SSSR count). The van der Waals surface area contributed by atoms with Crippen LogP contribution in [0.1, 0.15) is 38.5 Å². The van der Waals surface area contributed by atoms with Gasteiger partial charge in [0, 0.05) is 34.4 Å². The second-order valence-electron chi connectivity index (χ2n) is 4.81. The molecule has 2 aliphatic rings. The molecule has 0 amide bonds. The molecule has 1 aliphatic heterocycles. The Hall–Kier alpha value is 0.0700. The van der Waals surface area contributed by atoms with Gasteiger partial charge in [0.25, 0.3) is 0 Å². The van der Waals surface area contributed by atoms with E-state index < -0.39 is 10.8 Å². The van der Waals surface area contributed by atoms with Crippen LogP contribution < -0.4 is 5.32 Å². The zero-order chi connectivity index (χ0) is 10.7. The van der Waals surface area contributed by atoms with Crippen molar-refractivity contribution in [2.24, 2.45) is 0 Å². The van der Waals surface area contributed by atoms with Crippen molar-refractivity contribution in [1.29, 1.82) is 0 Å². The zero-order valence-electron chi connectivity index (χ0n) is 9.15. The van der Waals surface area contributed by atoms with Crippen LogP contribution in [-0.4, -0.2) is 39.0 Å². The maximum absolute atomic E-state index is 11.2. The van der Waals surface area contributed by atoms with E-state index in [1.165, 1.54) is 6.42 Å². The van der Waals surface area contributed by atoms with Gasteiger partial charge in [0.2, 0.25) is 0 Å². The van der Waals surface area contributed by atoms with Crippen molar-refractivity contribution in [3.63, 3.8) is 0 Å². The molecule has 88 valence electrons. The van der Waals surface area contributed by atoms with Gasteiger partial charge in [-0.25, -0.2) is 0 Å². The van der Waals surface area contributed by atoms with Crippen LogP contribution >= 0.6 is 0 Å². The van der Waals surface area contributed by atoms with Crippen LogP contribution in [0.5, 0.6) is 0 Å². The fourth-order valence-electron chi connectivity index (χ4n) is 2.61. The van der Waals surface area contributed by atoms with Crippen LogP contribution in [0.4, 0.5) is 0 Å². The standard InChI is InChI=1S/C11H21NO2S/c13-11-3-1-2-10(8-11)12-9-4-6-15(14)7-5-9/h9-13H,1-8H2. The Kier molecular flexibility index (Phi) is 4.17. The highest BCUT2D eigenvalue weighted by Gasteiger charge is 2.24. The predicted molar refractivity (Wildman–Crippen MR) is 62.3 cm³/mol. The van der Waals surface area contributed by atoms with E-state index in [4.69, 9.17) is 0 Å². The zero-order valence-corrected chi connectivity index (χ0v) is 9.97. The van der Waals surface area contributed by atoms with Crippen LogP contribution in [0.15, 0.2) is 0 Å². The van der Waals surface area contributed by atoms with Gasteiger partial charge in [-0.05, 0) is 38.5 Å². The first-order chi connectivity index (χ1) is 7.24. The summed E-state index contributed by atoms with van der Waals surface area (Å²) in [5.74, 6) is 1.71. The molecule has 1 aliphatic carbocycles. The summed E-state index contributed by atoms with van der Waals surface area (Å²) in [7, 11) is -0.564. The lowest BCUT2D eigenvalue weighted by atomic mass is 9.92. The Morgan fingerprint density at radius 1 is 1.07 bits per heavy atom. The molecular weight excluding hydrogens is 210 g/mol. The number of nitrogens with one attached hydrogen (secondary N) is 1. The minimum atomic E-state index is -0.564. The van der Waals surface area contributed by atoms with Gasteiger partial charge in [-0.2, -0.15) is 0 Å². The van der Waals surface area contributed by atoms with Gasteiger partial charge in [-0.3, -0.25) is 4.21 Å². The van der Waals surface area contributed by atoms with E-state index in [2.05, 4.69) is 5.32 Å². The van der Waals surface area contributed by atoms with Gasteiger partial charge in [-0.15, -0.1) is 0 Å². The third-order valence-corrected chi connectivity index (χ3v) is 4.89. The molecule has 3 nitrogen and oxygen atoms in total. The first-order valence-electron chi connectivity index (χ1n) is 6.03. The predicted octanol–water partition coefficient (Wildman–Crippen LogP) is 0.791. The second kappa shape index (κ2) is 5.41. The van der Waals surface area contributed by atoms with E-state index in [9.17, 15) is 9.32 Å². The Balaban J connectivity index is 1.74. The molecule has 0 aromatic rings. The number of aliphatic hydroxyl groups is 1. The quantitative estimate of drug-likeness (QED) is 0.739. The summed E-state index contributed by atoms with van der Waals surface area (Å²) in [6.45, 7) is 0. The van der Waals surface area contributed by atoms with Gasteiger partial charge in [0.05, 0.1) is 6.10 Å². The van der Waals surface area contributed by atoms with E-state index in [0.717, 1.165) is 43.6 Å². The van der Waals surface area contributed by atoms with Crippen LogP contribution in [0.25, 0.3) is 0 Å². The molecule has 2 atom stereocenters. The second-order valence-corrected chi connectivity index (χ2v) is 6.50. The van der Waals surface area contributed by atoms with Crippen molar-refractivity contribution in [2.75, 3.05) is 11.5 Å². The van der Waals surface area contributed by atoms with E-state index in [-0.39, 0.29) is 6.10 Å². The third-order valence-electron chi connectivity index (χ3n) is 3.51. The Bertz CT molecular complexity index is 225. The van der Waals surface area contributed by atoms with Crippen molar-refractivity contribution < 1.29 is 9.32 Å². The maximum atomic E-state index is 11.2. The molecule has 15 heavy (non-hydrogen) atoms. The molecule has 0 aromatic carbocycles. The van der Waals surface area contributed by atoms with Crippen molar-refractivity contribution >= 4 is 10.8 Å². The lowest BCUT2D eigenvalue weighted by Crippen LogP contribution is -2.44. The third kappa shape index (κ3) is 3.54. The highest BCUT2D eigenvalue weighted by Crippen LogP contribution is 2.20. The van der Waals surface area contributed by atoms with Crippen molar-refractivity contribution in [3.8, 4) is 0 Å². The van der Waals surface area contributed by atoms with Crippen LogP contribution in [-0.2, 0) is 10.8 Å². The summed E-state index contributed by atoms with van der Waals surface area (Å²) in [5, 5.41) is 13.2. The Labute approximate surface area is 94.1 Å². The highest BCUT2D eigenvalue weighted by molar-refractivity contribution is 7.85. The number of hydrogen-bond donors (Lipinski definition) is 2. The van der Waals surface area contributed by atoms with Crippen LogP contribution in [0.3, 0.4) is 0 Å². The van der Waals surface area contributed by atoms with E-state index >= 15 is 0 Å². The molecule has 0 bridgehead atoms. The summed E-state index contributed by atoms with van der Waals surface area (Å²) < 4.78 is 11.2. The van der Waals surface area contributed by atoms with Gasteiger partial charge in [0.1, 0.15) is 0 Å². The fourth-order valence-corrected chi connectivity index (χ4v) is 3.91. The molecular formula is C11H21NO2S.